The SMILES string of the molecule is CC(C)Oc1ccc(C(=O)NNC(=O)CC(C)(C)C)cc1. The van der Waals surface area contributed by atoms with E-state index in [1.54, 1.807) is 24.3 Å². The second-order valence-electron chi connectivity index (χ2n) is 6.43. The number of carbonyl (C=O) groups is 2. The van der Waals surface area contributed by atoms with Gasteiger partial charge in [-0.3, -0.25) is 20.4 Å². The highest BCUT2D eigenvalue weighted by Crippen LogP contribution is 2.17. The zero-order valence-electron chi connectivity index (χ0n) is 13.3. The van der Waals surface area contributed by atoms with Crippen LogP contribution in [0.3, 0.4) is 0 Å². The molecular weight excluding hydrogens is 268 g/mol. The van der Waals surface area contributed by atoms with E-state index in [2.05, 4.69) is 10.9 Å². The fraction of sp³-hybridized carbons (Fsp3) is 0.500. The molecular formula is C16H24N2O3. The van der Waals surface area contributed by atoms with Crippen molar-refractivity contribution in [3.05, 3.63) is 29.8 Å². The van der Waals surface area contributed by atoms with Gasteiger partial charge in [0.2, 0.25) is 5.91 Å². The van der Waals surface area contributed by atoms with E-state index in [4.69, 9.17) is 4.74 Å². The Kier molecular flexibility index (Phi) is 5.76. The lowest BCUT2D eigenvalue weighted by atomic mass is 9.92. The Morgan fingerprint density at radius 2 is 1.67 bits per heavy atom. The van der Waals surface area contributed by atoms with Crippen molar-refractivity contribution in [2.45, 2.75) is 47.1 Å². The zero-order chi connectivity index (χ0) is 16.0. The van der Waals surface area contributed by atoms with Gasteiger partial charge in [0.05, 0.1) is 6.10 Å². The highest BCUT2D eigenvalue weighted by Gasteiger charge is 2.16. The van der Waals surface area contributed by atoms with E-state index in [0.717, 1.165) is 0 Å². The van der Waals surface area contributed by atoms with Crippen LogP contribution < -0.4 is 15.6 Å². The average Bonchev–Trinajstić information content (AvgIpc) is 2.34. The number of benzene rings is 1. The van der Waals surface area contributed by atoms with Crippen LogP contribution in [0, 0.1) is 5.41 Å². The molecule has 0 saturated carbocycles. The maximum atomic E-state index is 11.9. The van der Waals surface area contributed by atoms with Crippen molar-refractivity contribution in [2.24, 2.45) is 5.41 Å². The first-order valence-electron chi connectivity index (χ1n) is 7.03. The van der Waals surface area contributed by atoms with Gasteiger partial charge in [0, 0.05) is 12.0 Å². The standard InChI is InChI=1S/C16H24N2O3/c1-11(2)21-13-8-6-12(7-9-13)15(20)18-17-14(19)10-16(3,4)5/h6-9,11H,10H2,1-5H3,(H,17,19)(H,18,20). The number of carbonyl (C=O) groups excluding carboxylic acids is 2. The number of hydrazine groups is 1. The zero-order valence-corrected chi connectivity index (χ0v) is 13.3. The molecule has 2 amide bonds. The van der Waals surface area contributed by atoms with Gasteiger partial charge in [0.25, 0.3) is 5.91 Å². The molecule has 0 aromatic heterocycles. The molecule has 0 fully saturated rings. The molecule has 1 aromatic rings. The molecule has 0 atom stereocenters. The smallest absolute Gasteiger partial charge is 0.269 e. The summed E-state index contributed by atoms with van der Waals surface area (Å²) in [4.78, 5) is 23.5. The van der Waals surface area contributed by atoms with Crippen LogP contribution in [0.25, 0.3) is 0 Å². The largest absolute Gasteiger partial charge is 0.491 e. The van der Waals surface area contributed by atoms with Gasteiger partial charge in [0.1, 0.15) is 5.75 Å². The van der Waals surface area contributed by atoms with E-state index in [0.29, 0.717) is 17.7 Å². The van der Waals surface area contributed by atoms with Crippen molar-refractivity contribution in [3.8, 4) is 5.75 Å². The van der Waals surface area contributed by atoms with Crippen LogP contribution in [0.2, 0.25) is 0 Å². The minimum absolute atomic E-state index is 0.0846. The van der Waals surface area contributed by atoms with E-state index in [1.807, 2.05) is 34.6 Å². The van der Waals surface area contributed by atoms with Gasteiger partial charge in [-0.05, 0) is 43.5 Å². The third-order valence-corrected chi connectivity index (χ3v) is 2.49. The Bertz CT molecular complexity index is 487. The first-order chi connectivity index (χ1) is 9.67. The van der Waals surface area contributed by atoms with E-state index in [-0.39, 0.29) is 23.3 Å². The van der Waals surface area contributed by atoms with E-state index in [1.165, 1.54) is 0 Å². The molecule has 0 spiro atoms. The van der Waals surface area contributed by atoms with Crippen molar-refractivity contribution >= 4 is 11.8 Å². The van der Waals surface area contributed by atoms with Gasteiger partial charge in [0.15, 0.2) is 0 Å². The number of amides is 2. The van der Waals surface area contributed by atoms with Crippen molar-refractivity contribution in [3.63, 3.8) is 0 Å². The van der Waals surface area contributed by atoms with Crippen LogP contribution in [0.5, 0.6) is 5.75 Å². The van der Waals surface area contributed by atoms with E-state index >= 15 is 0 Å². The average molecular weight is 292 g/mol. The predicted molar refractivity (Wildman–Crippen MR) is 81.9 cm³/mol. The summed E-state index contributed by atoms with van der Waals surface area (Å²) in [6.45, 7) is 9.75. The second kappa shape index (κ2) is 7.11. The maximum Gasteiger partial charge on any atom is 0.269 e. The Morgan fingerprint density at radius 3 is 2.14 bits per heavy atom. The van der Waals surface area contributed by atoms with Gasteiger partial charge in [-0.25, -0.2) is 0 Å². The summed E-state index contributed by atoms with van der Waals surface area (Å²) in [5.41, 5.74) is 5.16. The van der Waals surface area contributed by atoms with Crippen LogP contribution in [0.4, 0.5) is 0 Å². The maximum absolute atomic E-state index is 11.9. The summed E-state index contributed by atoms with van der Waals surface area (Å²) in [5.74, 6) is 0.141. The highest BCUT2D eigenvalue weighted by atomic mass is 16.5. The molecule has 0 unspecified atom stereocenters. The summed E-state index contributed by atoms with van der Waals surface area (Å²) < 4.78 is 5.50. The Morgan fingerprint density at radius 1 is 1.10 bits per heavy atom. The summed E-state index contributed by atoms with van der Waals surface area (Å²) >= 11 is 0. The summed E-state index contributed by atoms with van der Waals surface area (Å²) in [6.07, 6.45) is 0.426. The molecule has 0 aliphatic carbocycles. The van der Waals surface area contributed by atoms with Crippen LogP contribution in [0.15, 0.2) is 24.3 Å². The molecule has 0 radical (unpaired) electrons. The summed E-state index contributed by atoms with van der Waals surface area (Å²) in [7, 11) is 0. The molecule has 116 valence electrons. The van der Waals surface area contributed by atoms with Crippen molar-refractivity contribution in [1.82, 2.24) is 10.9 Å². The van der Waals surface area contributed by atoms with Gasteiger partial charge in [-0.15, -0.1) is 0 Å². The molecule has 5 heteroatoms. The third kappa shape index (κ3) is 6.79. The molecule has 2 N–H and O–H groups in total. The molecule has 0 aliphatic rings. The monoisotopic (exact) mass is 292 g/mol. The Balaban J connectivity index is 2.50. The Labute approximate surface area is 126 Å². The molecule has 0 aliphatic heterocycles. The van der Waals surface area contributed by atoms with Crippen molar-refractivity contribution in [1.29, 1.82) is 0 Å². The van der Waals surface area contributed by atoms with E-state index in [9.17, 15) is 9.59 Å². The number of ether oxygens (including phenoxy) is 1. The fourth-order valence-corrected chi connectivity index (χ4v) is 1.68. The minimum Gasteiger partial charge on any atom is -0.491 e. The third-order valence-electron chi connectivity index (χ3n) is 2.49. The summed E-state index contributed by atoms with van der Waals surface area (Å²) in [6, 6.07) is 6.77. The first kappa shape index (κ1) is 17.0. The molecule has 0 heterocycles. The molecule has 21 heavy (non-hydrogen) atoms. The molecule has 5 nitrogen and oxygen atoms in total. The first-order valence-corrected chi connectivity index (χ1v) is 7.03. The lowest BCUT2D eigenvalue weighted by Gasteiger charge is -2.17. The number of hydrogen-bond acceptors (Lipinski definition) is 3. The number of hydrogen-bond donors (Lipinski definition) is 2. The molecule has 1 rings (SSSR count). The lowest BCUT2D eigenvalue weighted by molar-refractivity contribution is -0.123. The topological polar surface area (TPSA) is 67.4 Å². The molecule has 0 bridgehead atoms. The second-order valence-corrected chi connectivity index (χ2v) is 6.43. The van der Waals surface area contributed by atoms with Crippen LogP contribution in [-0.2, 0) is 4.79 Å². The van der Waals surface area contributed by atoms with Gasteiger partial charge in [-0.2, -0.15) is 0 Å². The number of nitrogens with one attached hydrogen (secondary N) is 2. The predicted octanol–water partition coefficient (Wildman–Crippen LogP) is 2.67. The minimum atomic E-state index is -0.353. The lowest BCUT2D eigenvalue weighted by Crippen LogP contribution is -2.42. The van der Waals surface area contributed by atoms with Crippen LogP contribution in [-0.4, -0.2) is 17.9 Å². The quantitative estimate of drug-likeness (QED) is 0.838. The normalized spacial score (nSPS) is 11.1. The van der Waals surface area contributed by atoms with Crippen molar-refractivity contribution < 1.29 is 14.3 Å². The fourth-order valence-electron chi connectivity index (χ4n) is 1.68. The molecule has 0 saturated heterocycles. The van der Waals surface area contributed by atoms with E-state index < -0.39 is 0 Å². The van der Waals surface area contributed by atoms with Crippen LogP contribution >= 0.6 is 0 Å². The highest BCUT2D eigenvalue weighted by molar-refractivity contribution is 5.95. The van der Waals surface area contributed by atoms with Gasteiger partial charge < -0.3 is 4.74 Å². The van der Waals surface area contributed by atoms with Gasteiger partial charge in [-0.1, -0.05) is 20.8 Å². The number of rotatable bonds is 4. The van der Waals surface area contributed by atoms with Crippen molar-refractivity contribution in [2.75, 3.05) is 0 Å². The summed E-state index contributed by atoms with van der Waals surface area (Å²) in [5, 5.41) is 0. The molecule has 1 aromatic carbocycles. The Hall–Kier alpha value is -2.04. The van der Waals surface area contributed by atoms with Gasteiger partial charge >= 0.3 is 0 Å². The van der Waals surface area contributed by atoms with Crippen LogP contribution in [0.1, 0.15) is 51.4 Å².